The summed E-state index contributed by atoms with van der Waals surface area (Å²) in [6.45, 7) is 3.68. The quantitative estimate of drug-likeness (QED) is 0.603. The van der Waals surface area contributed by atoms with Gasteiger partial charge in [-0.1, -0.05) is 18.7 Å². The third kappa shape index (κ3) is 1.22. The molecule has 3 aromatic rings. The summed E-state index contributed by atoms with van der Waals surface area (Å²) in [5, 5.41) is 0.239. The molecule has 0 saturated carbocycles. The standard InChI is InChI=1S/C12H9N3O2/c1-7-10(17-2)14-12-13-8-5-3-4-6-9(8)15(12)11(7)16/h3-6H,1H2,2H3. The Kier molecular flexibility index (Phi) is 1.89. The summed E-state index contributed by atoms with van der Waals surface area (Å²) in [5.74, 6) is 0.554. The Hall–Kier alpha value is -2.43. The fraction of sp³-hybridized carbons (Fsp3) is 0.0833. The molecular formula is C12H9N3O2. The number of ether oxygens (including phenoxy) is 1. The van der Waals surface area contributed by atoms with Crippen molar-refractivity contribution in [2.24, 2.45) is 0 Å². The third-order valence-electron chi connectivity index (χ3n) is 2.66. The number of rotatable bonds is 1. The van der Waals surface area contributed by atoms with E-state index >= 15 is 0 Å². The van der Waals surface area contributed by atoms with E-state index in [9.17, 15) is 4.79 Å². The highest BCUT2D eigenvalue weighted by atomic mass is 16.5. The predicted molar refractivity (Wildman–Crippen MR) is 64.1 cm³/mol. The molecule has 0 aliphatic heterocycles. The smallest absolute Gasteiger partial charge is 0.270 e. The Bertz CT molecular complexity index is 823. The fourth-order valence-electron chi connectivity index (χ4n) is 1.84. The van der Waals surface area contributed by atoms with Gasteiger partial charge >= 0.3 is 0 Å². The summed E-state index contributed by atoms with van der Waals surface area (Å²) in [4.78, 5) is 20.6. The minimum absolute atomic E-state index is 0.220. The SMILES string of the molecule is C=c1c(OC)nc2nc3ccccc3n2c1=O. The first-order valence-corrected chi connectivity index (χ1v) is 5.06. The molecule has 5 nitrogen and oxygen atoms in total. The van der Waals surface area contributed by atoms with Gasteiger partial charge in [0.15, 0.2) is 0 Å². The molecule has 0 fully saturated rings. The van der Waals surface area contributed by atoms with Crippen molar-refractivity contribution in [1.82, 2.24) is 14.4 Å². The van der Waals surface area contributed by atoms with Crippen molar-refractivity contribution in [3.05, 3.63) is 39.8 Å². The Labute approximate surface area is 96.0 Å². The second-order valence-corrected chi connectivity index (χ2v) is 3.64. The van der Waals surface area contributed by atoms with E-state index in [1.54, 1.807) is 0 Å². The molecule has 0 amide bonds. The largest absolute Gasteiger partial charge is 0.480 e. The summed E-state index contributed by atoms with van der Waals surface area (Å²) >= 11 is 0. The van der Waals surface area contributed by atoms with Crippen LogP contribution in [-0.2, 0) is 0 Å². The first-order chi connectivity index (χ1) is 8.22. The van der Waals surface area contributed by atoms with Crippen LogP contribution >= 0.6 is 0 Å². The zero-order chi connectivity index (χ0) is 12.0. The number of fused-ring (bicyclic) bond motifs is 3. The van der Waals surface area contributed by atoms with Crippen LogP contribution in [0.15, 0.2) is 29.1 Å². The van der Waals surface area contributed by atoms with E-state index in [1.807, 2.05) is 24.3 Å². The zero-order valence-electron chi connectivity index (χ0n) is 9.17. The van der Waals surface area contributed by atoms with Crippen LogP contribution in [0.4, 0.5) is 0 Å². The number of para-hydroxylation sites is 2. The summed E-state index contributed by atoms with van der Waals surface area (Å²) in [7, 11) is 1.45. The number of methoxy groups -OCH3 is 1. The highest BCUT2D eigenvalue weighted by Gasteiger charge is 2.11. The first-order valence-electron chi connectivity index (χ1n) is 5.06. The number of nitrogens with zero attached hydrogens (tertiary/aromatic N) is 3. The Morgan fingerprint density at radius 2 is 2.06 bits per heavy atom. The van der Waals surface area contributed by atoms with Gasteiger partial charge in [-0.25, -0.2) is 9.38 Å². The van der Waals surface area contributed by atoms with Gasteiger partial charge in [0.2, 0.25) is 11.7 Å². The molecule has 0 radical (unpaired) electrons. The highest BCUT2D eigenvalue weighted by molar-refractivity contribution is 5.79. The maximum Gasteiger partial charge on any atom is 0.270 e. The van der Waals surface area contributed by atoms with Crippen molar-refractivity contribution >= 4 is 23.4 Å². The Morgan fingerprint density at radius 1 is 1.29 bits per heavy atom. The number of hydrogen-bond donors (Lipinski definition) is 0. The minimum Gasteiger partial charge on any atom is -0.480 e. The van der Waals surface area contributed by atoms with Crippen LogP contribution in [0.3, 0.4) is 0 Å². The Morgan fingerprint density at radius 3 is 2.82 bits per heavy atom. The van der Waals surface area contributed by atoms with Crippen molar-refractivity contribution in [2.75, 3.05) is 7.11 Å². The molecule has 0 saturated heterocycles. The molecule has 0 unspecified atom stereocenters. The van der Waals surface area contributed by atoms with Crippen LogP contribution in [0.2, 0.25) is 0 Å². The summed E-state index contributed by atoms with van der Waals surface area (Å²) < 4.78 is 6.45. The number of hydrogen-bond acceptors (Lipinski definition) is 4. The van der Waals surface area contributed by atoms with E-state index < -0.39 is 0 Å². The second-order valence-electron chi connectivity index (χ2n) is 3.64. The van der Waals surface area contributed by atoms with Crippen molar-refractivity contribution in [2.45, 2.75) is 0 Å². The van der Waals surface area contributed by atoms with E-state index in [1.165, 1.54) is 11.5 Å². The van der Waals surface area contributed by atoms with Gasteiger partial charge < -0.3 is 4.74 Å². The maximum absolute atomic E-state index is 12.1. The van der Waals surface area contributed by atoms with Gasteiger partial charge in [-0.3, -0.25) is 4.79 Å². The van der Waals surface area contributed by atoms with Gasteiger partial charge in [0.1, 0.15) is 0 Å². The van der Waals surface area contributed by atoms with Crippen LogP contribution in [0.1, 0.15) is 0 Å². The van der Waals surface area contributed by atoms with Crippen LogP contribution in [-0.4, -0.2) is 21.5 Å². The van der Waals surface area contributed by atoms with E-state index in [0.717, 1.165) is 11.0 Å². The van der Waals surface area contributed by atoms with E-state index in [4.69, 9.17) is 4.74 Å². The first kappa shape index (κ1) is 9.77. The molecule has 0 N–H and O–H groups in total. The van der Waals surface area contributed by atoms with Gasteiger partial charge in [-0.15, -0.1) is 0 Å². The highest BCUT2D eigenvalue weighted by Crippen LogP contribution is 2.12. The molecule has 0 spiro atoms. The molecule has 3 rings (SSSR count). The summed E-state index contributed by atoms with van der Waals surface area (Å²) in [6.07, 6.45) is 0. The summed E-state index contributed by atoms with van der Waals surface area (Å²) in [6, 6.07) is 7.37. The fourth-order valence-corrected chi connectivity index (χ4v) is 1.84. The van der Waals surface area contributed by atoms with Gasteiger partial charge in [0, 0.05) is 0 Å². The number of aromatic nitrogens is 3. The van der Waals surface area contributed by atoms with E-state index in [2.05, 4.69) is 16.5 Å². The van der Waals surface area contributed by atoms with Crippen LogP contribution in [0.5, 0.6) is 5.88 Å². The van der Waals surface area contributed by atoms with E-state index in [-0.39, 0.29) is 16.7 Å². The normalized spacial score (nSPS) is 11.1. The van der Waals surface area contributed by atoms with Crippen molar-refractivity contribution in [3.8, 4) is 5.88 Å². The lowest BCUT2D eigenvalue weighted by Crippen LogP contribution is -2.31. The molecular weight excluding hydrogens is 218 g/mol. The van der Waals surface area contributed by atoms with Crippen molar-refractivity contribution in [3.63, 3.8) is 0 Å². The van der Waals surface area contributed by atoms with Crippen molar-refractivity contribution in [1.29, 1.82) is 0 Å². The molecule has 5 heteroatoms. The lowest BCUT2D eigenvalue weighted by Gasteiger charge is -1.99. The van der Waals surface area contributed by atoms with E-state index in [0.29, 0.717) is 5.78 Å². The summed E-state index contributed by atoms with van der Waals surface area (Å²) in [5.41, 5.74) is 1.21. The molecule has 0 bridgehead atoms. The molecule has 84 valence electrons. The molecule has 2 heterocycles. The molecule has 17 heavy (non-hydrogen) atoms. The number of imidazole rings is 1. The molecule has 0 aliphatic rings. The van der Waals surface area contributed by atoms with Crippen LogP contribution in [0.25, 0.3) is 23.4 Å². The van der Waals surface area contributed by atoms with Gasteiger partial charge in [-0.2, -0.15) is 4.98 Å². The second kappa shape index (κ2) is 3.28. The lowest BCUT2D eigenvalue weighted by molar-refractivity contribution is 0.393. The predicted octanol–water partition coefficient (Wildman–Crippen LogP) is 0.380. The van der Waals surface area contributed by atoms with Gasteiger partial charge in [0.05, 0.1) is 23.4 Å². The molecule has 0 atom stereocenters. The zero-order valence-corrected chi connectivity index (χ0v) is 9.17. The molecule has 0 aliphatic carbocycles. The topological polar surface area (TPSA) is 56.5 Å². The van der Waals surface area contributed by atoms with Crippen LogP contribution in [0, 0.1) is 0 Å². The number of benzene rings is 1. The average molecular weight is 227 g/mol. The molecule has 2 aromatic heterocycles. The maximum atomic E-state index is 12.1. The average Bonchev–Trinajstić information content (AvgIpc) is 2.72. The molecule has 1 aromatic carbocycles. The monoisotopic (exact) mass is 227 g/mol. The Balaban J connectivity index is 2.64. The van der Waals surface area contributed by atoms with Crippen LogP contribution < -0.4 is 15.5 Å². The minimum atomic E-state index is -0.249. The van der Waals surface area contributed by atoms with Gasteiger partial charge in [-0.05, 0) is 12.1 Å². The van der Waals surface area contributed by atoms with Gasteiger partial charge in [0.25, 0.3) is 5.56 Å². The van der Waals surface area contributed by atoms with Crippen molar-refractivity contribution < 1.29 is 4.74 Å². The lowest BCUT2D eigenvalue weighted by atomic mass is 10.3. The third-order valence-corrected chi connectivity index (χ3v) is 2.66.